The van der Waals surface area contributed by atoms with E-state index < -0.39 is 9.84 Å². The molecule has 0 aliphatic heterocycles. The molecule has 0 saturated carbocycles. The molecule has 0 radical (unpaired) electrons. The second kappa shape index (κ2) is 6.93. The van der Waals surface area contributed by atoms with Gasteiger partial charge in [-0.2, -0.15) is 0 Å². The number of benzene rings is 1. The number of nitrogens with one attached hydrogen (secondary N) is 1. The Morgan fingerprint density at radius 1 is 1.04 bits per heavy atom. The molecule has 0 aliphatic rings. The standard InChI is InChI=1S/C19H18N6O2S/c1-25(11-13-7-5-6-10-21-13)19-16-15(22-12-23-19)17(18(20)24-16)28(26,27)14-8-3-2-4-9-14/h2-10,12,24H,11,20H2,1H3. The number of H-pyrrole nitrogens is 1. The zero-order valence-corrected chi connectivity index (χ0v) is 15.9. The Morgan fingerprint density at radius 3 is 2.50 bits per heavy atom. The molecule has 0 aliphatic carbocycles. The van der Waals surface area contributed by atoms with Crippen LogP contribution in [0.1, 0.15) is 5.69 Å². The second-order valence-corrected chi connectivity index (χ2v) is 8.17. The van der Waals surface area contributed by atoms with Gasteiger partial charge in [0.2, 0.25) is 9.84 Å². The second-order valence-electron chi connectivity index (χ2n) is 6.28. The molecule has 1 aromatic carbocycles. The van der Waals surface area contributed by atoms with E-state index in [1.165, 1.54) is 18.5 Å². The minimum absolute atomic E-state index is 0.0341. The van der Waals surface area contributed by atoms with E-state index in [1.807, 2.05) is 30.1 Å². The van der Waals surface area contributed by atoms with Gasteiger partial charge in [-0.05, 0) is 24.3 Å². The van der Waals surface area contributed by atoms with Crippen LogP contribution in [-0.2, 0) is 16.4 Å². The number of hydrogen-bond donors (Lipinski definition) is 2. The average molecular weight is 394 g/mol. The van der Waals surface area contributed by atoms with Gasteiger partial charge >= 0.3 is 0 Å². The molecule has 0 unspecified atom stereocenters. The van der Waals surface area contributed by atoms with Crippen molar-refractivity contribution < 1.29 is 8.42 Å². The van der Waals surface area contributed by atoms with Gasteiger partial charge in [0.1, 0.15) is 28.1 Å². The van der Waals surface area contributed by atoms with Gasteiger partial charge in [0, 0.05) is 13.2 Å². The monoisotopic (exact) mass is 394 g/mol. The predicted molar refractivity (Wildman–Crippen MR) is 107 cm³/mol. The Balaban J connectivity index is 1.82. The largest absolute Gasteiger partial charge is 0.384 e. The Labute approximate surface area is 162 Å². The molecule has 0 saturated heterocycles. The molecule has 4 aromatic rings. The number of nitrogens with zero attached hydrogens (tertiary/aromatic N) is 4. The van der Waals surface area contributed by atoms with Crippen LogP contribution in [0.4, 0.5) is 11.6 Å². The van der Waals surface area contributed by atoms with Crippen molar-refractivity contribution in [1.29, 1.82) is 0 Å². The van der Waals surface area contributed by atoms with E-state index in [0.717, 1.165) is 5.69 Å². The van der Waals surface area contributed by atoms with E-state index in [1.54, 1.807) is 24.4 Å². The van der Waals surface area contributed by atoms with Gasteiger partial charge in [0.15, 0.2) is 5.82 Å². The van der Waals surface area contributed by atoms with Gasteiger partial charge in [-0.25, -0.2) is 18.4 Å². The first-order chi connectivity index (χ1) is 13.5. The average Bonchev–Trinajstić information content (AvgIpc) is 3.05. The maximum atomic E-state index is 13.1. The van der Waals surface area contributed by atoms with E-state index in [2.05, 4.69) is 19.9 Å². The zero-order chi connectivity index (χ0) is 19.7. The van der Waals surface area contributed by atoms with Crippen LogP contribution in [0.15, 0.2) is 70.8 Å². The fourth-order valence-corrected chi connectivity index (χ4v) is 4.57. The molecular weight excluding hydrogens is 376 g/mol. The van der Waals surface area contributed by atoms with Crippen LogP contribution in [0.3, 0.4) is 0 Å². The van der Waals surface area contributed by atoms with Crippen LogP contribution in [0.5, 0.6) is 0 Å². The molecule has 0 spiro atoms. The van der Waals surface area contributed by atoms with E-state index >= 15 is 0 Å². The van der Waals surface area contributed by atoms with Gasteiger partial charge in [-0.3, -0.25) is 4.98 Å². The Morgan fingerprint density at radius 2 is 1.79 bits per heavy atom. The lowest BCUT2D eigenvalue weighted by Crippen LogP contribution is -2.19. The number of anilines is 2. The first kappa shape index (κ1) is 17.9. The normalized spacial score (nSPS) is 11.6. The summed E-state index contributed by atoms with van der Waals surface area (Å²) >= 11 is 0. The third-order valence-electron chi connectivity index (χ3n) is 4.36. The minimum Gasteiger partial charge on any atom is -0.384 e. The fourth-order valence-electron chi connectivity index (χ4n) is 3.07. The van der Waals surface area contributed by atoms with E-state index in [-0.39, 0.29) is 21.1 Å². The molecule has 0 fully saturated rings. The summed E-state index contributed by atoms with van der Waals surface area (Å²) in [4.78, 5) is 17.8. The van der Waals surface area contributed by atoms with Gasteiger partial charge in [0.05, 0.1) is 17.1 Å². The van der Waals surface area contributed by atoms with E-state index in [4.69, 9.17) is 5.73 Å². The first-order valence-electron chi connectivity index (χ1n) is 8.52. The number of aromatic nitrogens is 4. The molecule has 9 heteroatoms. The number of pyridine rings is 1. The summed E-state index contributed by atoms with van der Waals surface area (Å²) < 4.78 is 26.2. The highest BCUT2D eigenvalue weighted by Crippen LogP contribution is 2.35. The van der Waals surface area contributed by atoms with Crippen molar-refractivity contribution in [3.8, 4) is 0 Å². The molecule has 8 nitrogen and oxygen atoms in total. The molecular formula is C19H18N6O2S. The summed E-state index contributed by atoms with van der Waals surface area (Å²) in [5.74, 6) is 0.573. The summed E-state index contributed by atoms with van der Waals surface area (Å²) in [6.45, 7) is 0.493. The lowest BCUT2D eigenvalue weighted by molar-refractivity contribution is 0.597. The zero-order valence-electron chi connectivity index (χ0n) is 15.1. The van der Waals surface area contributed by atoms with Gasteiger partial charge in [-0.1, -0.05) is 24.3 Å². The molecule has 0 atom stereocenters. The number of sulfone groups is 1. The van der Waals surface area contributed by atoms with Gasteiger partial charge < -0.3 is 15.6 Å². The summed E-state index contributed by atoms with van der Waals surface area (Å²) in [7, 11) is -1.99. The highest BCUT2D eigenvalue weighted by atomic mass is 32.2. The number of fused-ring (bicyclic) bond motifs is 1. The Hall–Kier alpha value is -3.46. The van der Waals surface area contributed by atoms with Gasteiger partial charge in [0.25, 0.3) is 0 Å². The Kier molecular flexibility index (Phi) is 4.44. The smallest absolute Gasteiger partial charge is 0.212 e. The first-order valence-corrected chi connectivity index (χ1v) is 10.00. The lowest BCUT2D eigenvalue weighted by Gasteiger charge is -2.18. The van der Waals surface area contributed by atoms with Crippen molar-refractivity contribution in [1.82, 2.24) is 19.9 Å². The van der Waals surface area contributed by atoms with Crippen molar-refractivity contribution in [2.24, 2.45) is 0 Å². The maximum Gasteiger partial charge on any atom is 0.212 e. The summed E-state index contributed by atoms with van der Waals surface area (Å²) in [6, 6.07) is 13.8. The number of nitrogens with two attached hydrogens (primary N) is 1. The topological polar surface area (TPSA) is 118 Å². The van der Waals surface area contributed by atoms with Crippen molar-refractivity contribution in [2.45, 2.75) is 16.3 Å². The highest BCUT2D eigenvalue weighted by molar-refractivity contribution is 7.92. The lowest BCUT2D eigenvalue weighted by atomic mass is 10.3. The Bertz CT molecular complexity index is 1220. The van der Waals surface area contributed by atoms with E-state index in [0.29, 0.717) is 17.9 Å². The number of aromatic amines is 1. The van der Waals surface area contributed by atoms with Gasteiger partial charge in [-0.15, -0.1) is 0 Å². The third-order valence-corrected chi connectivity index (χ3v) is 6.20. The molecule has 4 rings (SSSR count). The maximum absolute atomic E-state index is 13.1. The van der Waals surface area contributed by atoms with Crippen LogP contribution in [0.25, 0.3) is 11.0 Å². The predicted octanol–water partition coefficient (Wildman–Crippen LogP) is 2.40. The molecule has 0 bridgehead atoms. The van der Waals surface area contributed by atoms with Crippen molar-refractivity contribution in [2.75, 3.05) is 17.7 Å². The molecule has 3 N–H and O–H groups in total. The quantitative estimate of drug-likeness (QED) is 0.533. The molecule has 0 amide bonds. The van der Waals surface area contributed by atoms with Crippen molar-refractivity contribution in [3.05, 3.63) is 66.7 Å². The summed E-state index contributed by atoms with van der Waals surface area (Å²) in [5, 5.41) is 0. The molecule has 3 heterocycles. The number of rotatable bonds is 5. The van der Waals surface area contributed by atoms with Crippen LogP contribution in [0.2, 0.25) is 0 Å². The third kappa shape index (κ3) is 3.05. The number of hydrogen-bond acceptors (Lipinski definition) is 7. The van der Waals surface area contributed by atoms with Crippen LogP contribution in [-0.4, -0.2) is 35.4 Å². The van der Waals surface area contributed by atoms with Crippen LogP contribution >= 0.6 is 0 Å². The van der Waals surface area contributed by atoms with E-state index in [9.17, 15) is 8.42 Å². The van der Waals surface area contributed by atoms with Crippen molar-refractivity contribution >= 4 is 32.5 Å². The summed E-state index contributed by atoms with van der Waals surface area (Å²) in [5.41, 5.74) is 7.65. The minimum atomic E-state index is -3.83. The van der Waals surface area contributed by atoms with Crippen LogP contribution in [0, 0.1) is 0 Å². The fraction of sp³-hybridized carbons (Fsp3) is 0.105. The number of nitrogen functional groups attached to an aromatic ring is 1. The summed E-state index contributed by atoms with van der Waals surface area (Å²) in [6.07, 6.45) is 3.06. The van der Waals surface area contributed by atoms with Crippen molar-refractivity contribution in [3.63, 3.8) is 0 Å². The SMILES string of the molecule is CN(Cc1ccccn1)c1ncnc2c(S(=O)(=O)c3ccccc3)c(N)[nH]c12. The molecule has 3 aromatic heterocycles. The van der Waals surface area contributed by atoms with Crippen LogP contribution < -0.4 is 10.6 Å². The molecule has 142 valence electrons. The molecule has 28 heavy (non-hydrogen) atoms. The highest BCUT2D eigenvalue weighted by Gasteiger charge is 2.28.